The Bertz CT molecular complexity index is 964. The van der Waals surface area contributed by atoms with Crippen molar-refractivity contribution >= 4 is 33.9 Å². The fraction of sp³-hybridized carbons (Fsp3) is 0.0625. The third kappa shape index (κ3) is 3.67. The maximum atomic E-state index is 4.20. The highest BCUT2D eigenvalue weighted by atomic mass is 32.2. The zero-order valence-corrected chi connectivity index (χ0v) is 14.8. The number of aryl methyl sites for hydroxylation is 1. The van der Waals surface area contributed by atoms with Gasteiger partial charge in [0.25, 0.3) is 0 Å². The van der Waals surface area contributed by atoms with Crippen molar-refractivity contribution < 1.29 is 0 Å². The zero-order valence-electron chi connectivity index (χ0n) is 13.2. The molecule has 25 heavy (non-hydrogen) atoms. The molecule has 0 aliphatic rings. The van der Waals surface area contributed by atoms with Crippen LogP contribution in [-0.4, -0.2) is 30.4 Å². The quantitative estimate of drug-likeness (QED) is 0.576. The van der Waals surface area contributed by atoms with E-state index in [0.29, 0.717) is 5.16 Å². The normalized spacial score (nSPS) is 10.8. The van der Waals surface area contributed by atoms with E-state index in [9.17, 15) is 0 Å². The molecule has 0 radical (unpaired) electrons. The number of hydrogen-bond acceptors (Lipinski definition) is 8. The predicted molar refractivity (Wildman–Crippen MR) is 97.6 cm³/mol. The van der Waals surface area contributed by atoms with Crippen LogP contribution >= 0.6 is 23.1 Å². The Morgan fingerprint density at radius 3 is 2.56 bits per heavy atom. The van der Waals surface area contributed by atoms with Gasteiger partial charge in [-0.1, -0.05) is 47.2 Å². The minimum atomic E-state index is 0.643. The first kappa shape index (κ1) is 15.7. The SMILES string of the molecule is Cc1ccc(Nc2nnc(Sc3nnnn3-c3ccccc3)s2)cc1. The first-order valence-corrected chi connectivity index (χ1v) is 9.10. The molecule has 4 rings (SSSR count). The lowest BCUT2D eigenvalue weighted by atomic mass is 10.2. The standard InChI is InChI=1S/C16H13N7S2/c1-11-7-9-12(10-8-11)17-14-18-20-16(24-14)25-15-19-21-22-23(15)13-5-3-2-4-6-13/h2-10H,1H3,(H,17,18). The summed E-state index contributed by atoms with van der Waals surface area (Å²) in [7, 11) is 0. The molecular weight excluding hydrogens is 354 g/mol. The minimum absolute atomic E-state index is 0.643. The maximum Gasteiger partial charge on any atom is 0.221 e. The van der Waals surface area contributed by atoms with Crippen LogP contribution in [0.4, 0.5) is 10.8 Å². The fourth-order valence-corrected chi connectivity index (χ4v) is 3.78. The second-order valence-corrected chi connectivity index (χ2v) is 7.37. The molecule has 124 valence electrons. The van der Waals surface area contributed by atoms with E-state index in [2.05, 4.69) is 38.0 Å². The van der Waals surface area contributed by atoms with Crippen molar-refractivity contribution in [3.8, 4) is 5.69 Å². The van der Waals surface area contributed by atoms with Crippen molar-refractivity contribution in [2.75, 3.05) is 5.32 Å². The second-order valence-electron chi connectivity index (χ2n) is 5.18. The second kappa shape index (κ2) is 6.99. The number of tetrazole rings is 1. The smallest absolute Gasteiger partial charge is 0.221 e. The average Bonchev–Trinajstić information content (AvgIpc) is 3.28. The maximum absolute atomic E-state index is 4.20. The number of aromatic nitrogens is 6. The first-order chi connectivity index (χ1) is 12.3. The van der Waals surface area contributed by atoms with E-state index < -0.39 is 0 Å². The van der Waals surface area contributed by atoms with E-state index in [1.165, 1.54) is 28.7 Å². The third-order valence-electron chi connectivity index (χ3n) is 3.33. The summed E-state index contributed by atoms with van der Waals surface area (Å²) in [5, 5.41) is 24.9. The van der Waals surface area contributed by atoms with Gasteiger partial charge in [-0.05, 0) is 53.4 Å². The van der Waals surface area contributed by atoms with Crippen molar-refractivity contribution in [2.24, 2.45) is 0 Å². The van der Waals surface area contributed by atoms with Gasteiger partial charge in [0.2, 0.25) is 10.3 Å². The first-order valence-electron chi connectivity index (χ1n) is 7.47. The van der Waals surface area contributed by atoms with Crippen LogP contribution in [0.2, 0.25) is 0 Å². The summed E-state index contributed by atoms with van der Waals surface area (Å²) >= 11 is 2.84. The molecule has 2 aromatic heterocycles. The third-order valence-corrected chi connectivity index (χ3v) is 5.16. The van der Waals surface area contributed by atoms with Crippen LogP contribution in [0.5, 0.6) is 0 Å². The Morgan fingerprint density at radius 1 is 0.960 bits per heavy atom. The molecule has 0 atom stereocenters. The van der Waals surface area contributed by atoms with Crippen LogP contribution in [0.15, 0.2) is 64.1 Å². The van der Waals surface area contributed by atoms with E-state index in [-0.39, 0.29) is 0 Å². The molecule has 0 saturated heterocycles. The molecule has 0 aliphatic carbocycles. The van der Waals surface area contributed by atoms with Crippen molar-refractivity contribution in [1.82, 2.24) is 30.4 Å². The highest BCUT2D eigenvalue weighted by Crippen LogP contribution is 2.32. The van der Waals surface area contributed by atoms with Gasteiger partial charge in [-0.15, -0.1) is 15.3 Å². The summed E-state index contributed by atoms with van der Waals surface area (Å²) < 4.78 is 2.45. The molecule has 2 aromatic carbocycles. The van der Waals surface area contributed by atoms with Gasteiger partial charge in [-0.3, -0.25) is 0 Å². The van der Waals surface area contributed by atoms with Crippen molar-refractivity contribution in [1.29, 1.82) is 0 Å². The molecule has 9 heteroatoms. The molecule has 2 heterocycles. The van der Waals surface area contributed by atoms with E-state index in [0.717, 1.165) is 20.8 Å². The van der Waals surface area contributed by atoms with Gasteiger partial charge in [-0.25, -0.2) is 0 Å². The number of para-hydroxylation sites is 1. The number of nitrogens with one attached hydrogen (secondary N) is 1. The van der Waals surface area contributed by atoms with E-state index in [1.807, 2.05) is 54.6 Å². The number of benzene rings is 2. The van der Waals surface area contributed by atoms with E-state index in [1.54, 1.807) is 4.68 Å². The Hall–Kier alpha value is -2.78. The lowest BCUT2D eigenvalue weighted by Crippen LogP contribution is -1.98. The van der Waals surface area contributed by atoms with Gasteiger partial charge in [0, 0.05) is 5.69 Å². The molecule has 0 amide bonds. The monoisotopic (exact) mass is 367 g/mol. The fourth-order valence-electron chi connectivity index (χ4n) is 2.11. The van der Waals surface area contributed by atoms with Crippen LogP contribution in [-0.2, 0) is 0 Å². The van der Waals surface area contributed by atoms with E-state index >= 15 is 0 Å². The van der Waals surface area contributed by atoms with Crippen molar-refractivity contribution in [3.63, 3.8) is 0 Å². The molecule has 0 aliphatic heterocycles. The van der Waals surface area contributed by atoms with Crippen LogP contribution in [0.3, 0.4) is 0 Å². The number of anilines is 2. The lowest BCUT2D eigenvalue weighted by Gasteiger charge is -2.02. The Balaban J connectivity index is 1.50. The summed E-state index contributed by atoms with van der Waals surface area (Å²) in [6.07, 6.45) is 0. The topological polar surface area (TPSA) is 81.4 Å². The summed E-state index contributed by atoms with van der Waals surface area (Å²) in [4.78, 5) is 0. The number of hydrogen-bond donors (Lipinski definition) is 1. The Kier molecular flexibility index (Phi) is 4.40. The van der Waals surface area contributed by atoms with Crippen LogP contribution < -0.4 is 5.32 Å². The molecule has 1 N–H and O–H groups in total. The Morgan fingerprint density at radius 2 is 1.76 bits per heavy atom. The van der Waals surface area contributed by atoms with Crippen molar-refractivity contribution in [2.45, 2.75) is 16.4 Å². The highest BCUT2D eigenvalue weighted by Gasteiger charge is 2.13. The van der Waals surface area contributed by atoms with Gasteiger partial charge in [0.05, 0.1) is 5.69 Å². The molecule has 0 bridgehead atoms. The molecule has 7 nitrogen and oxygen atoms in total. The largest absolute Gasteiger partial charge is 0.330 e. The molecule has 0 unspecified atom stereocenters. The summed E-state index contributed by atoms with van der Waals surface area (Å²) in [6.45, 7) is 2.06. The summed E-state index contributed by atoms with van der Waals surface area (Å²) in [5.41, 5.74) is 3.09. The van der Waals surface area contributed by atoms with Gasteiger partial charge in [-0.2, -0.15) is 4.68 Å². The van der Waals surface area contributed by atoms with Gasteiger partial charge >= 0.3 is 0 Å². The molecule has 4 aromatic rings. The van der Waals surface area contributed by atoms with Gasteiger partial charge < -0.3 is 5.32 Å². The van der Waals surface area contributed by atoms with Crippen molar-refractivity contribution in [3.05, 3.63) is 60.2 Å². The molecule has 0 spiro atoms. The van der Waals surface area contributed by atoms with Crippen LogP contribution in [0.25, 0.3) is 5.69 Å². The predicted octanol–water partition coefficient (Wildman–Crippen LogP) is 3.72. The number of nitrogens with zero attached hydrogens (tertiary/aromatic N) is 6. The Labute approximate surface area is 152 Å². The summed E-state index contributed by atoms with van der Waals surface area (Å²) in [5.74, 6) is 0. The molecule has 0 fully saturated rings. The van der Waals surface area contributed by atoms with Gasteiger partial charge in [0.15, 0.2) is 4.34 Å². The number of rotatable bonds is 5. The van der Waals surface area contributed by atoms with Crippen LogP contribution in [0, 0.1) is 6.92 Å². The highest BCUT2D eigenvalue weighted by molar-refractivity contribution is 8.00. The lowest BCUT2D eigenvalue weighted by molar-refractivity contribution is 0.756. The average molecular weight is 367 g/mol. The molecule has 0 saturated carbocycles. The zero-order chi connectivity index (χ0) is 17.1. The van der Waals surface area contributed by atoms with Crippen LogP contribution in [0.1, 0.15) is 5.56 Å². The van der Waals surface area contributed by atoms with Gasteiger partial charge in [0.1, 0.15) is 0 Å². The summed E-state index contributed by atoms with van der Waals surface area (Å²) in [6, 6.07) is 17.9. The van der Waals surface area contributed by atoms with E-state index in [4.69, 9.17) is 0 Å². The molecular formula is C16H13N7S2. The minimum Gasteiger partial charge on any atom is -0.330 e.